The summed E-state index contributed by atoms with van der Waals surface area (Å²) in [5.41, 5.74) is 1.65. The molecule has 0 aliphatic carbocycles. The molecule has 0 unspecified atom stereocenters. The van der Waals surface area contributed by atoms with Gasteiger partial charge in [0.2, 0.25) is 0 Å². The minimum atomic E-state index is -0.167. The van der Waals surface area contributed by atoms with Crippen molar-refractivity contribution in [1.82, 2.24) is 5.32 Å². The molecule has 0 saturated carbocycles. The summed E-state index contributed by atoms with van der Waals surface area (Å²) in [4.78, 5) is 23.0. The number of halogens is 1. The lowest BCUT2D eigenvalue weighted by Crippen LogP contribution is -2.16. The molecular formula is C13H10ClNO2. The summed E-state index contributed by atoms with van der Waals surface area (Å²) in [6, 6.07) is 6.60. The molecule has 1 heterocycles. The molecule has 1 aliphatic heterocycles. The average Bonchev–Trinajstić information content (AvgIpc) is 2.58. The second kappa shape index (κ2) is 4.55. The Morgan fingerprint density at radius 1 is 1.29 bits per heavy atom. The number of nitrogens with one attached hydrogen (secondary N) is 1. The van der Waals surface area contributed by atoms with Crippen molar-refractivity contribution in [1.29, 1.82) is 0 Å². The lowest BCUT2D eigenvalue weighted by Gasteiger charge is -1.98. The van der Waals surface area contributed by atoms with E-state index in [0.29, 0.717) is 21.9 Å². The van der Waals surface area contributed by atoms with Gasteiger partial charge >= 0.3 is 0 Å². The molecule has 86 valence electrons. The third-order valence-corrected chi connectivity index (χ3v) is 2.66. The van der Waals surface area contributed by atoms with Crippen LogP contribution in [0.4, 0.5) is 0 Å². The summed E-state index contributed by atoms with van der Waals surface area (Å²) >= 11 is 5.73. The molecule has 1 aliphatic rings. The van der Waals surface area contributed by atoms with Gasteiger partial charge in [-0.1, -0.05) is 11.6 Å². The second-order valence-electron chi connectivity index (χ2n) is 3.75. The molecule has 0 spiro atoms. The number of carbonyl (C=O) groups is 2. The Morgan fingerprint density at radius 3 is 2.47 bits per heavy atom. The fraction of sp³-hybridized carbons (Fsp3) is 0.0769. The van der Waals surface area contributed by atoms with E-state index in [2.05, 4.69) is 5.32 Å². The summed E-state index contributed by atoms with van der Waals surface area (Å²) in [7, 11) is 0. The van der Waals surface area contributed by atoms with Crippen molar-refractivity contribution in [3.63, 3.8) is 0 Å². The number of allylic oxidation sites excluding steroid dienone is 2. The largest absolute Gasteiger partial charge is 0.322 e. The van der Waals surface area contributed by atoms with Crippen LogP contribution in [0.5, 0.6) is 0 Å². The average molecular weight is 248 g/mol. The molecule has 17 heavy (non-hydrogen) atoms. The number of benzene rings is 1. The SMILES string of the molecule is CC1=C/C(=C/C(=O)c2ccc(Cl)cc2)NC1=O. The van der Waals surface area contributed by atoms with E-state index in [0.717, 1.165) is 0 Å². The Morgan fingerprint density at radius 2 is 1.94 bits per heavy atom. The molecule has 0 radical (unpaired) electrons. The molecule has 3 nitrogen and oxygen atoms in total. The van der Waals surface area contributed by atoms with Crippen molar-refractivity contribution < 1.29 is 9.59 Å². The molecule has 1 amide bonds. The maximum Gasteiger partial charge on any atom is 0.251 e. The quantitative estimate of drug-likeness (QED) is 0.645. The zero-order valence-corrected chi connectivity index (χ0v) is 9.91. The van der Waals surface area contributed by atoms with E-state index in [4.69, 9.17) is 11.6 Å². The predicted molar refractivity (Wildman–Crippen MR) is 65.8 cm³/mol. The summed E-state index contributed by atoms with van der Waals surface area (Å²) in [6.45, 7) is 1.70. The molecule has 1 N–H and O–H groups in total. The third kappa shape index (κ3) is 2.63. The Kier molecular flexibility index (Phi) is 3.11. The summed E-state index contributed by atoms with van der Waals surface area (Å²) < 4.78 is 0. The minimum Gasteiger partial charge on any atom is -0.322 e. The molecule has 1 aromatic carbocycles. The van der Waals surface area contributed by atoms with Crippen molar-refractivity contribution in [2.45, 2.75) is 6.92 Å². The normalized spacial score (nSPS) is 16.9. The maximum atomic E-state index is 11.8. The van der Waals surface area contributed by atoms with Crippen LogP contribution in [0.25, 0.3) is 0 Å². The Hall–Kier alpha value is -1.87. The van der Waals surface area contributed by atoms with Gasteiger partial charge in [0.1, 0.15) is 0 Å². The minimum absolute atomic E-state index is 0.164. The Balaban J connectivity index is 2.20. The van der Waals surface area contributed by atoms with Gasteiger partial charge in [0, 0.05) is 27.9 Å². The van der Waals surface area contributed by atoms with Gasteiger partial charge in [-0.05, 0) is 37.3 Å². The highest BCUT2D eigenvalue weighted by Gasteiger charge is 2.15. The number of ketones is 1. The van der Waals surface area contributed by atoms with Crippen LogP contribution in [0.3, 0.4) is 0 Å². The second-order valence-corrected chi connectivity index (χ2v) is 4.19. The molecule has 1 aromatic rings. The van der Waals surface area contributed by atoms with Gasteiger partial charge in [-0.3, -0.25) is 9.59 Å². The van der Waals surface area contributed by atoms with Crippen LogP contribution >= 0.6 is 11.6 Å². The van der Waals surface area contributed by atoms with Gasteiger partial charge in [0.15, 0.2) is 5.78 Å². The van der Waals surface area contributed by atoms with Gasteiger partial charge in [0.25, 0.3) is 5.91 Å². The Labute approximate surface area is 104 Å². The number of rotatable bonds is 2. The fourth-order valence-electron chi connectivity index (χ4n) is 1.48. The first kappa shape index (κ1) is 11.6. The van der Waals surface area contributed by atoms with Crippen molar-refractivity contribution in [3.05, 3.63) is 58.3 Å². The van der Waals surface area contributed by atoms with Gasteiger partial charge in [-0.2, -0.15) is 0 Å². The van der Waals surface area contributed by atoms with Crippen LogP contribution in [0.15, 0.2) is 47.7 Å². The van der Waals surface area contributed by atoms with E-state index in [-0.39, 0.29) is 11.7 Å². The smallest absolute Gasteiger partial charge is 0.251 e. The first-order chi connectivity index (χ1) is 8.06. The Bertz CT molecular complexity index is 541. The zero-order chi connectivity index (χ0) is 12.4. The van der Waals surface area contributed by atoms with Crippen molar-refractivity contribution >= 4 is 23.3 Å². The number of hydrogen-bond donors (Lipinski definition) is 1. The van der Waals surface area contributed by atoms with E-state index in [1.165, 1.54) is 6.08 Å². The van der Waals surface area contributed by atoms with Gasteiger partial charge in [0.05, 0.1) is 0 Å². The molecule has 0 fully saturated rings. The van der Waals surface area contributed by atoms with E-state index in [9.17, 15) is 9.59 Å². The van der Waals surface area contributed by atoms with E-state index < -0.39 is 0 Å². The number of hydrogen-bond acceptors (Lipinski definition) is 2. The lowest BCUT2D eigenvalue weighted by atomic mass is 10.1. The summed E-state index contributed by atoms with van der Waals surface area (Å²) in [5, 5.41) is 3.18. The molecule has 0 saturated heterocycles. The predicted octanol–water partition coefficient (Wildman–Crippen LogP) is 2.48. The van der Waals surface area contributed by atoms with E-state index in [1.54, 1.807) is 37.3 Å². The van der Waals surface area contributed by atoms with Crippen LogP contribution in [0, 0.1) is 0 Å². The lowest BCUT2D eigenvalue weighted by molar-refractivity contribution is -0.116. The van der Waals surface area contributed by atoms with Crippen LogP contribution < -0.4 is 5.32 Å². The molecule has 4 heteroatoms. The highest BCUT2D eigenvalue weighted by atomic mass is 35.5. The van der Waals surface area contributed by atoms with Crippen molar-refractivity contribution in [2.24, 2.45) is 0 Å². The van der Waals surface area contributed by atoms with Crippen LogP contribution in [0.1, 0.15) is 17.3 Å². The highest BCUT2D eigenvalue weighted by molar-refractivity contribution is 6.30. The summed E-state index contributed by atoms with van der Waals surface area (Å²) in [5.74, 6) is -0.330. The van der Waals surface area contributed by atoms with E-state index in [1.807, 2.05) is 0 Å². The highest BCUT2D eigenvalue weighted by Crippen LogP contribution is 2.13. The van der Waals surface area contributed by atoms with Gasteiger partial charge < -0.3 is 5.32 Å². The monoisotopic (exact) mass is 247 g/mol. The third-order valence-electron chi connectivity index (χ3n) is 2.40. The standard InChI is InChI=1S/C13H10ClNO2/c1-8-6-11(15-13(8)17)7-12(16)9-2-4-10(14)5-3-9/h2-7H,1H3,(H,15,17)/b11-7-. The number of carbonyl (C=O) groups excluding carboxylic acids is 2. The zero-order valence-electron chi connectivity index (χ0n) is 9.16. The van der Waals surface area contributed by atoms with Gasteiger partial charge in [-0.15, -0.1) is 0 Å². The number of amides is 1. The molecule has 2 rings (SSSR count). The maximum absolute atomic E-state index is 11.8. The first-order valence-electron chi connectivity index (χ1n) is 5.07. The van der Waals surface area contributed by atoms with Crippen LogP contribution in [-0.2, 0) is 4.79 Å². The molecule has 0 aromatic heterocycles. The topological polar surface area (TPSA) is 46.2 Å². The summed E-state index contributed by atoms with van der Waals surface area (Å²) in [6.07, 6.45) is 3.05. The van der Waals surface area contributed by atoms with Crippen molar-refractivity contribution in [2.75, 3.05) is 0 Å². The van der Waals surface area contributed by atoms with Crippen molar-refractivity contribution in [3.8, 4) is 0 Å². The van der Waals surface area contributed by atoms with Gasteiger partial charge in [-0.25, -0.2) is 0 Å². The van der Waals surface area contributed by atoms with Crippen LogP contribution in [-0.4, -0.2) is 11.7 Å². The van der Waals surface area contributed by atoms with E-state index >= 15 is 0 Å². The van der Waals surface area contributed by atoms with Crippen LogP contribution in [0.2, 0.25) is 5.02 Å². The molecule has 0 atom stereocenters. The molecular weight excluding hydrogens is 238 g/mol. The fourth-order valence-corrected chi connectivity index (χ4v) is 1.61. The molecule has 0 bridgehead atoms. The first-order valence-corrected chi connectivity index (χ1v) is 5.45.